The Balaban J connectivity index is 2.37. The van der Waals surface area contributed by atoms with Crippen LogP contribution in [0.25, 0.3) is 0 Å². The second-order valence-corrected chi connectivity index (χ2v) is 12.0. The molecule has 10 heteroatoms. The highest BCUT2D eigenvalue weighted by Crippen LogP contribution is 2.59. The van der Waals surface area contributed by atoms with Crippen LogP contribution in [0.3, 0.4) is 0 Å². The zero-order valence-corrected chi connectivity index (χ0v) is 22.7. The van der Waals surface area contributed by atoms with Crippen molar-refractivity contribution in [2.24, 2.45) is 5.90 Å². The van der Waals surface area contributed by atoms with Crippen molar-refractivity contribution in [1.82, 2.24) is 0 Å². The molecular weight excluding hydrogens is 722 g/mol. The van der Waals surface area contributed by atoms with E-state index in [0.29, 0.717) is 34.3 Å². The summed E-state index contributed by atoms with van der Waals surface area (Å²) in [6.07, 6.45) is 1.30. The molecule has 6 nitrogen and oxygen atoms in total. The van der Waals surface area contributed by atoms with E-state index in [1.165, 1.54) is 0 Å². The van der Waals surface area contributed by atoms with Crippen LogP contribution in [0.15, 0.2) is 30.3 Å². The Labute approximate surface area is 205 Å². The Morgan fingerprint density at radius 2 is 1.64 bits per heavy atom. The van der Waals surface area contributed by atoms with Crippen LogP contribution in [-0.4, -0.2) is 15.2 Å². The first-order chi connectivity index (χ1) is 13.1. The van der Waals surface area contributed by atoms with Gasteiger partial charge in [-0.3, -0.25) is 4.57 Å². The summed E-state index contributed by atoms with van der Waals surface area (Å²) in [5.41, 5.74) is 0.913. The number of halogens is 3. The molecule has 1 atom stereocenters. The summed E-state index contributed by atoms with van der Waals surface area (Å²) in [7, 11) is -3.97. The third-order valence-electron chi connectivity index (χ3n) is 4.79. The highest BCUT2D eigenvalue weighted by molar-refractivity contribution is 14.1. The molecule has 2 rings (SSSR count). The number of aromatic hydroxyl groups is 1. The van der Waals surface area contributed by atoms with Gasteiger partial charge in [-0.1, -0.05) is 13.8 Å². The van der Waals surface area contributed by atoms with Crippen LogP contribution in [0.1, 0.15) is 32.3 Å². The summed E-state index contributed by atoms with van der Waals surface area (Å²) in [6, 6.07) is 8.95. The van der Waals surface area contributed by atoms with Gasteiger partial charge in [-0.2, -0.15) is 0 Å². The van der Waals surface area contributed by atoms with E-state index in [1.54, 1.807) is 18.2 Å². The number of hydrogen-bond acceptors (Lipinski definition) is 5. The Hall–Kier alpha value is 0.340. The summed E-state index contributed by atoms with van der Waals surface area (Å²) in [5.74, 6) is 6.67. The van der Waals surface area contributed by atoms with Crippen molar-refractivity contribution < 1.29 is 23.9 Å². The van der Waals surface area contributed by atoms with Crippen LogP contribution in [0.4, 0.5) is 0 Å². The molecule has 2 aromatic carbocycles. The molecule has 0 radical (unpaired) electrons. The van der Waals surface area contributed by atoms with Gasteiger partial charge in [0, 0.05) is 0 Å². The molecule has 0 bridgehead atoms. The Bertz CT molecular complexity index is 882. The number of phenolic OH excluding ortho intramolecular Hbond substituents is 1. The number of rotatable bonds is 8. The highest BCUT2D eigenvalue weighted by atomic mass is 127. The molecular formula is C18H21I3NO5P. The summed E-state index contributed by atoms with van der Waals surface area (Å²) in [6.45, 7) is 3.73. The number of nitrogens with two attached hydrogens (primary N) is 1. The van der Waals surface area contributed by atoms with Gasteiger partial charge in [0.2, 0.25) is 0 Å². The van der Waals surface area contributed by atoms with Crippen molar-refractivity contribution in [3.8, 4) is 17.2 Å². The molecule has 0 aliphatic heterocycles. The molecule has 28 heavy (non-hydrogen) atoms. The molecule has 2 aromatic rings. The third kappa shape index (κ3) is 5.33. The zero-order chi connectivity index (χ0) is 21.1. The summed E-state index contributed by atoms with van der Waals surface area (Å²) in [5, 5.41) is 8.73. The maximum absolute atomic E-state index is 12.6. The van der Waals surface area contributed by atoms with Crippen molar-refractivity contribution >= 4 is 75.4 Å². The largest absolute Gasteiger partial charge is 0.507 e. The van der Waals surface area contributed by atoms with E-state index in [-0.39, 0.29) is 5.75 Å². The van der Waals surface area contributed by atoms with E-state index in [1.807, 2.05) is 48.6 Å². The van der Waals surface area contributed by atoms with Gasteiger partial charge >= 0.3 is 7.60 Å². The molecule has 0 saturated carbocycles. The number of hydrogen-bond donors (Lipinski definition) is 3. The lowest BCUT2D eigenvalue weighted by Crippen LogP contribution is -2.32. The molecule has 0 aromatic heterocycles. The molecule has 154 valence electrons. The minimum Gasteiger partial charge on any atom is -0.507 e. The first-order valence-electron chi connectivity index (χ1n) is 8.44. The van der Waals surface area contributed by atoms with E-state index in [9.17, 15) is 14.6 Å². The standard InChI is InChI=1S/C18H21I3NO5P/c1-3-18(4-2,28(24,25)27-22)10-11-7-14(20)17(15(21)8-11)26-12-5-6-16(23)13(19)9-12/h5-9,23H,3-4,10,22H2,1-2H3,(H,24,25). The molecule has 4 N–H and O–H groups in total. The Morgan fingerprint density at radius 1 is 1.07 bits per heavy atom. The summed E-state index contributed by atoms with van der Waals surface area (Å²) in [4.78, 5) is 10.3. The average molecular weight is 743 g/mol. The molecule has 0 spiro atoms. The lowest BCUT2D eigenvalue weighted by Gasteiger charge is -2.34. The fourth-order valence-corrected chi connectivity index (χ4v) is 6.98. The number of benzene rings is 2. The highest BCUT2D eigenvalue weighted by Gasteiger charge is 2.46. The lowest BCUT2D eigenvalue weighted by atomic mass is 9.93. The fraction of sp³-hybridized carbons (Fsp3) is 0.333. The summed E-state index contributed by atoms with van der Waals surface area (Å²) < 4.78 is 25.6. The first kappa shape index (κ1) is 24.6. The quantitative estimate of drug-likeness (QED) is 0.170. The van der Waals surface area contributed by atoms with Gasteiger partial charge in [0.05, 0.1) is 15.9 Å². The monoisotopic (exact) mass is 743 g/mol. The lowest BCUT2D eigenvalue weighted by molar-refractivity contribution is 0.232. The van der Waals surface area contributed by atoms with Crippen molar-refractivity contribution in [2.45, 2.75) is 38.3 Å². The van der Waals surface area contributed by atoms with E-state index in [2.05, 4.69) is 49.8 Å². The second-order valence-electron chi connectivity index (χ2n) is 6.34. The second kappa shape index (κ2) is 10.1. The number of ether oxygens (including phenoxy) is 1. The van der Waals surface area contributed by atoms with E-state index in [0.717, 1.165) is 12.7 Å². The van der Waals surface area contributed by atoms with Gasteiger partial charge in [0.15, 0.2) is 5.75 Å². The van der Waals surface area contributed by atoms with E-state index in [4.69, 9.17) is 10.6 Å². The van der Waals surface area contributed by atoms with Gasteiger partial charge in [0.25, 0.3) is 0 Å². The summed E-state index contributed by atoms with van der Waals surface area (Å²) >= 11 is 6.43. The minimum absolute atomic E-state index is 0.207. The van der Waals surface area contributed by atoms with Gasteiger partial charge < -0.3 is 14.7 Å². The molecule has 0 aliphatic rings. The van der Waals surface area contributed by atoms with Crippen molar-refractivity contribution in [1.29, 1.82) is 0 Å². The van der Waals surface area contributed by atoms with Crippen LogP contribution >= 0.6 is 75.4 Å². The SMILES string of the molecule is CCC(CC)(Cc1cc(I)c(Oc2ccc(O)c(I)c2)c(I)c1)P(=O)(O)ON. The fourth-order valence-electron chi connectivity index (χ4n) is 2.97. The van der Waals surface area contributed by atoms with Gasteiger partial charge in [-0.05, 0) is 123 Å². The van der Waals surface area contributed by atoms with Crippen molar-refractivity contribution in [3.05, 3.63) is 46.6 Å². The van der Waals surface area contributed by atoms with Crippen molar-refractivity contribution in [3.63, 3.8) is 0 Å². The number of phenols is 1. The first-order valence-corrected chi connectivity index (χ1v) is 13.3. The van der Waals surface area contributed by atoms with E-state index >= 15 is 0 Å². The molecule has 0 amide bonds. The molecule has 0 fully saturated rings. The van der Waals surface area contributed by atoms with Crippen LogP contribution < -0.4 is 10.6 Å². The van der Waals surface area contributed by atoms with Gasteiger partial charge in [-0.15, -0.1) is 0 Å². The molecule has 0 heterocycles. The van der Waals surface area contributed by atoms with Crippen LogP contribution in [-0.2, 0) is 15.6 Å². The zero-order valence-electron chi connectivity index (χ0n) is 15.3. The Kier molecular flexibility index (Phi) is 8.88. The predicted molar refractivity (Wildman–Crippen MR) is 135 cm³/mol. The average Bonchev–Trinajstić information content (AvgIpc) is 2.65. The molecule has 0 aliphatic carbocycles. The van der Waals surface area contributed by atoms with Crippen LogP contribution in [0.5, 0.6) is 17.2 Å². The minimum atomic E-state index is -3.97. The molecule has 0 saturated heterocycles. The molecule has 1 unspecified atom stereocenters. The van der Waals surface area contributed by atoms with Gasteiger partial charge in [-0.25, -0.2) is 10.5 Å². The van der Waals surface area contributed by atoms with Crippen LogP contribution in [0.2, 0.25) is 0 Å². The van der Waals surface area contributed by atoms with Crippen molar-refractivity contribution in [2.75, 3.05) is 0 Å². The normalized spacial score (nSPS) is 14.0. The van der Waals surface area contributed by atoms with Gasteiger partial charge in [0.1, 0.15) is 11.5 Å². The Morgan fingerprint density at radius 3 is 2.11 bits per heavy atom. The third-order valence-corrected chi connectivity index (χ3v) is 9.53. The maximum Gasteiger partial charge on any atom is 0.350 e. The maximum atomic E-state index is 12.6. The smallest absolute Gasteiger partial charge is 0.350 e. The van der Waals surface area contributed by atoms with E-state index < -0.39 is 12.8 Å². The van der Waals surface area contributed by atoms with Crippen LogP contribution in [0, 0.1) is 10.7 Å². The predicted octanol–water partition coefficient (Wildman–Crippen LogP) is 6.18. The topological polar surface area (TPSA) is 102 Å².